The monoisotopic (exact) mass is 322 g/mol. The van der Waals surface area contributed by atoms with E-state index in [1.165, 1.54) is 33.3 Å². The van der Waals surface area contributed by atoms with Crippen LogP contribution in [0, 0.1) is 0 Å². The third-order valence-electron chi connectivity index (χ3n) is 3.42. The summed E-state index contributed by atoms with van der Waals surface area (Å²) in [6, 6.07) is 1.52. The third-order valence-corrected chi connectivity index (χ3v) is 3.76. The van der Waals surface area contributed by atoms with Crippen molar-refractivity contribution >= 4 is 17.7 Å². The largest absolute Gasteiger partial charge is 0.493 e. The van der Waals surface area contributed by atoms with Gasteiger partial charge in [-0.05, 0) is 18.6 Å². The number of fused-ring (bicyclic) bond motifs is 1. The zero-order valence-corrected chi connectivity index (χ0v) is 12.4. The molecular formula is C14H14ClF3O3. The highest BCUT2D eigenvalue weighted by atomic mass is 35.5. The van der Waals surface area contributed by atoms with Crippen LogP contribution in [0.15, 0.2) is 12.1 Å². The van der Waals surface area contributed by atoms with E-state index in [9.17, 15) is 13.2 Å². The first-order valence-electron chi connectivity index (χ1n) is 6.19. The van der Waals surface area contributed by atoms with Crippen molar-refractivity contribution in [1.29, 1.82) is 0 Å². The SMILES string of the molecule is CCC1(C(F)(F)F)C=Cc2cc(OC)c(OC)c(Cl)c2O1. The van der Waals surface area contributed by atoms with Gasteiger partial charge >= 0.3 is 6.18 Å². The van der Waals surface area contributed by atoms with Gasteiger partial charge in [-0.1, -0.05) is 24.6 Å². The second-order valence-corrected chi connectivity index (χ2v) is 4.90. The molecule has 0 bridgehead atoms. The smallest absolute Gasteiger partial charge is 0.432 e. The number of halogens is 4. The van der Waals surface area contributed by atoms with Gasteiger partial charge in [0.15, 0.2) is 17.2 Å². The molecule has 0 fully saturated rings. The van der Waals surface area contributed by atoms with Gasteiger partial charge in [0.05, 0.1) is 14.2 Å². The number of methoxy groups -OCH3 is 2. The first-order chi connectivity index (χ1) is 9.79. The molecule has 0 amide bonds. The maximum atomic E-state index is 13.3. The Balaban J connectivity index is 2.61. The van der Waals surface area contributed by atoms with Crippen molar-refractivity contribution in [3.8, 4) is 17.2 Å². The molecule has 21 heavy (non-hydrogen) atoms. The highest BCUT2D eigenvalue weighted by Gasteiger charge is 2.56. The molecule has 0 radical (unpaired) electrons. The molecule has 0 aliphatic carbocycles. The van der Waals surface area contributed by atoms with Crippen LogP contribution in [-0.2, 0) is 0 Å². The molecule has 0 N–H and O–H groups in total. The maximum Gasteiger partial charge on any atom is 0.432 e. The first kappa shape index (κ1) is 15.8. The fourth-order valence-electron chi connectivity index (χ4n) is 2.16. The molecule has 116 valence electrons. The number of ether oxygens (including phenoxy) is 3. The quantitative estimate of drug-likeness (QED) is 0.821. The molecule has 0 saturated carbocycles. The van der Waals surface area contributed by atoms with E-state index in [-0.39, 0.29) is 22.9 Å². The van der Waals surface area contributed by atoms with E-state index >= 15 is 0 Å². The molecule has 1 unspecified atom stereocenters. The zero-order chi connectivity index (χ0) is 15.8. The van der Waals surface area contributed by atoms with Crippen molar-refractivity contribution in [1.82, 2.24) is 0 Å². The number of alkyl halides is 3. The highest BCUT2D eigenvalue weighted by molar-refractivity contribution is 6.34. The van der Waals surface area contributed by atoms with Crippen LogP contribution in [0.4, 0.5) is 13.2 Å². The van der Waals surface area contributed by atoms with Crippen LogP contribution in [-0.4, -0.2) is 26.0 Å². The van der Waals surface area contributed by atoms with E-state index < -0.39 is 11.8 Å². The van der Waals surface area contributed by atoms with E-state index in [1.807, 2.05) is 0 Å². The first-order valence-corrected chi connectivity index (χ1v) is 6.57. The van der Waals surface area contributed by atoms with Crippen LogP contribution < -0.4 is 14.2 Å². The summed E-state index contributed by atoms with van der Waals surface area (Å²) in [7, 11) is 2.77. The Morgan fingerprint density at radius 1 is 1.29 bits per heavy atom. The Labute approximate surface area is 125 Å². The lowest BCUT2D eigenvalue weighted by Crippen LogP contribution is -2.49. The third kappa shape index (κ3) is 2.41. The Morgan fingerprint density at radius 2 is 1.95 bits per heavy atom. The summed E-state index contributed by atoms with van der Waals surface area (Å²) in [4.78, 5) is 0. The van der Waals surface area contributed by atoms with Gasteiger partial charge in [0.2, 0.25) is 5.60 Å². The van der Waals surface area contributed by atoms with E-state index in [1.54, 1.807) is 0 Å². The minimum atomic E-state index is -4.55. The number of hydrogen-bond donors (Lipinski definition) is 0. The average Bonchev–Trinajstić information content (AvgIpc) is 2.45. The molecule has 2 rings (SSSR count). The second-order valence-electron chi connectivity index (χ2n) is 4.52. The van der Waals surface area contributed by atoms with Crippen molar-refractivity contribution in [2.45, 2.75) is 25.1 Å². The van der Waals surface area contributed by atoms with Crippen LogP contribution in [0.1, 0.15) is 18.9 Å². The van der Waals surface area contributed by atoms with Crippen LogP contribution in [0.5, 0.6) is 17.2 Å². The van der Waals surface area contributed by atoms with Crippen LogP contribution in [0.25, 0.3) is 6.08 Å². The molecule has 1 aliphatic rings. The van der Waals surface area contributed by atoms with Crippen LogP contribution >= 0.6 is 11.6 Å². The molecular weight excluding hydrogens is 309 g/mol. The fourth-order valence-corrected chi connectivity index (χ4v) is 2.48. The van der Waals surface area contributed by atoms with Gasteiger partial charge in [-0.2, -0.15) is 13.2 Å². The molecule has 7 heteroatoms. The topological polar surface area (TPSA) is 27.7 Å². The summed E-state index contributed by atoms with van der Waals surface area (Å²) in [5, 5.41) is -0.0433. The maximum absolute atomic E-state index is 13.3. The Morgan fingerprint density at radius 3 is 2.43 bits per heavy atom. The van der Waals surface area contributed by atoms with Gasteiger partial charge in [0, 0.05) is 5.56 Å². The minimum Gasteiger partial charge on any atom is -0.493 e. The van der Waals surface area contributed by atoms with E-state index in [4.69, 9.17) is 25.8 Å². The number of benzene rings is 1. The fraction of sp³-hybridized carbons (Fsp3) is 0.429. The Bertz CT molecular complexity index is 584. The van der Waals surface area contributed by atoms with E-state index in [0.717, 1.165) is 6.08 Å². The van der Waals surface area contributed by atoms with Crippen molar-refractivity contribution < 1.29 is 27.4 Å². The molecule has 1 aliphatic heterocycles. The van der Waals surface area contributed by atoms with Crippen molar-refractivity contribution in [2.24, 2.45) is 0 Å². The van der Waals surface area contributed by atoms with Gasteiger partial charge in [0.1, 0.15) is 5.02 Å². The summed E-state index contributed by atoms with van der Waals surface area (Å²) in [5.41, 5.74) is -1.98. The van der Waals surface area contributed by atoms with Gasteiger partial charge in [-0.3, -0.25) is 0 Å². The van der Waals surface area contributed by atoms with Gasteiger partial charge in [-0.25, -0.2) is 0 Å². The predicted octanol–water partition coefficient (Wildman–Crippen LogP) is 4.47. The normalized spacial score (nSPS) is 20.7. The molecule has 0 aromatic heterocycles. The molecule has 1 aromatic carbocycles. The second kappa shape index (κ2) is 5.33. The van der Waals surface area contributed by atoms with Crippen molar-refractivity contribution in [3.63, 3.8) is 0 Å². The number of rotatable bonds is 3. The van der Waals surface area contributed by atoms with Gasteiger partial charge in [-0.15, -0.1) is 0 Å². The summed E-state index contributed by atoms with van der Waals surface area (Å²) in [5.74, 6) is 0.405. The molecule has 3 nitrogen and oxygen atoms in total. The summed E-state index contributed by atoms with van der Waals surface area (Å²) >= 11 is 6.11. The van der Waals surface area contributed by atoms with Gasteiger partial charge in [0.25, 0.3) is 0 Å². The van der Waals surface area contributed by atoms with Crippen LogP contribution in [0.2, 0.25) is 5.02 Å². The molecule has 0 spiro atoms. The van der Waals surface area contributed by atoms with Crippen LogP contribution in [0.3, 0.4) is 0 Å². The van der Waals surface area contributed by atoms with Crippen molar-refractivity contribution in [3.05, 3.63) is 22.7 Å². The lowest BCUT2D eigenvalue weighted by atomic mass is 9.94. The Hall–Kier alpha value is -1.56. The van der Waals surface area contributed by atoms with Crippen molar-refractivity contribution in [2.75, 3.05) is 14.2 Å². The van der Waals surface area contributed by atoms with E-state index in [0.29, 0.717) is 11.3 Å². The highest BCUT2D eigenvalue weighted by Crippen LogP contribution is 2.50. The standard InChI is InChI=1S/C14H14ClF3O3/c1-4-13(14(16,17)18)6-5-8-7-9(19-2)12(20-3)10(15)11(8)21-13/h5-7H,4H2,1-3H3. The lowest BCUT2D eigenvalue weighted by Gasteiger charge is -2.36. The Kier molecular flexibility index (Phi) is 4.02. The van der Waals surface area contributed by atoms with E-state index in [2.05, 4.69) is 0 Å². The lowest BCUT2D eigenvalue weighted by molar-refractivity contribution is -0.230. The number of hydrogen-bond acceptors (Lipinski definition) is 3. The molecule has 1 heterocycles. The molecule has 1 aromatic rings. The molecule has 0 saturated heterocycles. The van der Waals surface area contributed by atoms with Gasteiger partial charge < -0.3 is 14.2 Å². The predicted molar refractivity (Wildman–Crippen MR) is 73.3 cm³/mol. The average molecular weight is 323 g/mol. The zero-order valence-electron chi connectivity index (χ0n) is 11.7. The summed E-state index contributed by atoms with van der Waals surface area (Å²) in [6.07, 6.45) is -2.48. The summed E-state index contributed by atoms with van der Waals surface area (Å²) < 4.78 is 55.2. The molecule has 1 atom stereocenters. The minimum absolute atomic E-state index is 0.0433. The summed E-state index contributed by atoms with van der Waals surface area (Å²) in [6.45, 7) is 1.40.